The second-order valence-electron chi connectivity index (χ2n) is 5.86. The average molecular weight is 347 g/mol. The first-order valence-corrected chi connectivity index (χ1v) is 8.12. The van der Waals surface area contributed by atoms with Crippen LogP contribution in [0.15, 0.2) is 24.3 Å². The lowest BCUT2D eigenvalue weighted by Gasteiger charge is -2.17. The summed E-state index contributed by atoms with van der Waals surface area (Å²) in [6.07, 6.45) is 1.43. The molecule has 1 aromatic carbocycles. The Morgan fingerprint density at radius 2 is 2.00 bits per heavy atom. The monoisotopic (exact) mass is 347 g/mol. The molecule has 0 aliphatic carbocycles. The molecule has 0 aliphatic heterocycles. The molecule has 0 bridgehead atoms. The van der Waals surface area contributed by atoms with Crippen LogP contribution in [0.1, 0.15) is 49.9 Å². The van der Waals surface area contributed by atoms with Gasteiger partial charge in [-0.25, -0.2) is 14.1 Å². The van der Waals surface area contributed by atoms with Crippen LogP contribution in [-0.2, 0) is 22.6 Å². The smallest absolute Gasteiger partial charge is 0.225 e. The minimum absolute atomic E-state index is 0.0810. The van der Waals surface area contributed by atoms with Gasteiger partial charge in [0.25, 0.3) is 0 Å². The highest BCUT2D eigenvalue weighted by atomic mass is 19.1. The van der Waals surface area contributed by atoms with E-state index in [9.17, 15) is 14.0 Å². The first-order valence-electron chi connectivity index (χ1n) is 8.12. The van der Waals surface area contributed by atoms with E-state index in [1.54, 1.807) is 16.8 Å². The van der Waals surface area contributed by atoms with Gasteiger partial charge in [-0.1, -0.05) is 25.5 Å². The van der Waals surface area contributed by atoms with Gasteiger partial charge in [0.05, 0.1) is 19.0 Å². The van der Waals surface area contributed by atoms with Crippen molar-refractivity contribution in [2.24, 2.45) is 5.73 Å². The number of amides is 2. The second kappa shape index (κ2) is 8.36. The van der Waals surface area contributed by atoms with Gasteiger partial charge < -0.3 is 11.1 Å². The third-order valence-corrected chi connectivity index (χ3v) is 3.59. The van der Waals surface area contributed by atoms with E-state index in [0.29, 0.717) is 24.6 Å². The maximum Gasteiger partial charge on any atom is 0.225 e. The lowest BCUT2D eigenvalue weighted by Crippen LogP contribution is -2.28. The maximum absolute atomic E-state index is 13.1. The van der Waals surface area contributed by atoms with Crippen molar-refractivity contribution in [3.05, 3.63) is 47.3 Å². The molecule has 2 amide bonds. The highest BCUT2D eigenvalue weighted by Crippen LogP contribution is 2.19. The van der Waals surface area contributed by atoms with Crippen molar-refractivity contribution >= 4 is 11.8 Å². The van der Waals surface area contributed by atoms with Crippen molar-refractivity contribution in [1.29, 1.82) is 0 Å². The number of hydrogen-bond acceptors (Lipinski definition) is 4. The lowest BCUT2D eigenvalue weighted by molar-refractivity contribution is -0.120. The zero-order chi connectivity index (χ0) is 18.4. The fourth-order valence-corrected chi connectivity index (χ4v) is 2.57. The van der Waals surface area contributed by atoms with Gasteiger partial charge in [0.15, 0.2) is 5.82 Å². The first-order chi connectivity index (χ1) is 11.9. The predicted molar refractivity (Wildman–Crippen MR) is 89.9 cm³/mol. The zero-order valence-corrected chi connectivity index (χ0v) is 14.3. The van der Waals surface area contributed by atoms with Crippen LogP contribution in [0.2, 0.25) is 0 Å². The topological polar surface area (TPSA) is 103 Å². The average Bonchev–Trinajstić information content (AvgIpc) is 2.90. The SMILES string of the molecule is CCCC(NC(C)=O)c1nc(CC(N)=O)nn1Cc1ccc(F)cc1. The van der Waals surface area contributed by atoms with Gasteiger partial charge in [-0.3, -0.25) is 9.59 Å². The zero-order valence-electron chi connectivity index (χ0n) is 14.3. The molecule has 1 heterocycles. The van der Waals surface area contributed by atoms with Crippen molar-refractivity contribution in [2.75, 3.05) is 0 Å². The third-order valence-electron chi connectivity index (χ3n) is 3.59. The number of rotatable bonds is 8. The fraction of sp³-hybridized carbons (Fsp3) is 0.412. The molecule has 0 saturated carbocycles. The summed E-state index contributed by atoms with van der Waals surface area (Å²) in [6, 6.07) is 5.72. The van der Waals surface area contributed by atoms with Crippen LogP contribution in [0.25, 0.3) is 0 Å². The predicted octanol–water partition coefficient (Wildman–Crippen LogP) is 1.47. The standard InChI is InChI=1S/C17H22FN5O2/c1-3-4-14(20-11(2)24)17-21-16(9-15(19)25)22-23(17)10-12-5-7-13(18)8-6-12/h5-8,14H,3-4,9-10H2,1-2H3,(H2,19,25)(H,20,24). The normalized spacial score (nSPS) is 12.0. The Morgan fingerprint density at radius 1 is 1.32 bits per heavy atom. The van der Waals surface area contributed by atoms with E-state index in [1.807, 2.05) is 6.92 Å². The van der Waals surface area contributed by atoms with Crippen LogP contribution >= 0.6 is 0 Å². The number of hydrogen-bond donors (Lipinski definition) is 2. The molecule has 3 N–H and O–H groups in total. The van der Waals surface area contributed by atoms with Crippen LogP contribution in [0.5, 0.6) is 0 Å². The number of nitrogens with zero attached hydrogens (tertiary/aromatic N) is 3. The maximum atomic E-state index is 13.1. The van der Waals surface area contributed by atoms with Gasteiger partial charge in [-0.2, -0.15) is 5.10 Å². The summed E-state index contributed by atoms with van der Waals surface area (Å²) in [5.41, 5.74) is 6.06. The fourth-order valence-electron chi connectivity index (χ4n) is 2.57. The minimum Gasteiger partial charge on any atom is -0.369 e. The first kappa shape index (κ1) is 18.6. The highest BCUT2D eigenvalue weighted by molar-refractivity contribution is 5.75. The number of nitrogens with two attached hydrogens (primary N) is 1. The number of benzene rings is 1. The number of carbonyl (C=O) groups excluding carboxylic acids is 2. The Balaban J connectivity index is 2.36. The van der Waals surface area contributed by atoms with E-state index in [2.05, 4.69) is 15.4 Å². The Morgan fingerprint density at radius 3 is 2.56 bits per heavy atom. The second-order valence-corrected chi connectivity index (χ2v) is 5.86. The minimum atomic E-state index is -0.531. The molecule has 25 heavy (non-hydrogen) atoms. The number of nitrogens with one attached hydrogen (secondary N) is 1. The van der Waals surface area contributed by atoms with Crippen molar-refractivity contribution in [2.45, 2.75) is 45.7 Å². The van der Waals surface area contributed by atoms with E-state index in [4.69, 9.17) is 5.73 Å². The van der Waals surface area contributed by atoms with Crippen molar-refractivity contribution in [3.63, 3.8) is 0 Å². The summed E-state index contributed by atoms with van der Waals surface area (Å²) in [5.74, 6) is -0.170. The van der Waals surface area contributed by atoms with E-state index in [-0.39, 0.29) is 24.2 Å². The van der Waals surface area contributed by atoms with Gasteiger partial charge >= 0.3 is 0 Å². The molecular formula is C17H22FN5O2. The van der Waals surface area contributed by atoms with Gasteiger partial charge in [0.1, 0.15) is 11.6 Å². The summed E-state index contributed by atoms with van der Waals surface area (Å²) in [7, 11) is 0. The molecule has 8 heteroatoms. The number of aromatic nitrogens is 3. The summed E-state index contributed by atoms with van der Waals surface area (Å²) in [4.78, 5) is 27.1. The Kier molecular flexibility index (Phi) is 6.21. The quantitative estimate of drug-likeness (QED) is 0.755. The molecule has 0 saturated heterocycles. The van der Waals surface area contributed by atoms with Gasteiger partial charge in [0.2, 0.25) is 11.8 Å². The van der Waals surface area contributed by atoms with Crippen LogP contribution in [0.4, 0.5) is 4.39 Å². The Bertz CT molecular complexity index is 742. The number of primary amides is 1. The third kappa shape index (κ3) is 5.37. The largest absolute Gasteiger partial charge is 0.369 e. The summed E-state index contributed by atoms with van der Waals surface area (Å²) >= 11 is 0. The molecule has 0 fully saturated rings. The molecule has 1 unspecified atom stereocenters. The van der Waals surface area contributed by atoms with E-state index < -0.39 is 5.91 Å². The van der Waals surface area contributed by atoms with Gasteiger partial charge in [-0.15, -0.1) is 0 Å². The van der Waals surface area contributed by atoms with Crippen LogP contribution < -0.4 is 11.1 Å². The number of halogens is 1. The molecule has 2 rings (SSSR count). The molecule has 0 aliphatic rings. The molecule has 1 aromatic heterocycles. The lowest BCUT2D eigenvalue weighted by atomic mass is 10.1. The molecule has 1 atom stereocenters. The van der Waals surface area contributed by atoms with Crippen molar-refractivity contribution in [1.82, 2.24) is 20.1 Å². The molecule has 7 nitrogen and oxygen atoms in total. The highest BCUT2D eigenvalue weighted by Gasteiger charge is 2.21. The Hall–Kier alpha value is -2.77. The molecular weight excluding hydrogens is 325 g/mol. The Labute approximate surface area is 145 Å². The number of carbonyl (C=O) groups is 2. The molecule has 0 radical (unpaired) electrons. The van der Waals surface area contributed by atoms with Crippen LogP contribution in [0.3, 0.4) is 0 Å². The molecule has 2 aromatic rings. The van der Waals surface area contributed by atoms with E-state index >= 15 is 0 Å². The van der Waals surface area contributed by atoms with Gasteiger partial charge in [-0.05, 0) is 24.1 Å². The molecule has 134 valence electrons. The molecule has 0 spiro atoms. The van der Waals surface area contributed by atoms with E-state index in [1.165, 1.54) is 19.1 Å². The van der Waals surface area contributed by atoms with Crippen molar-refractivity contribution in [3.8, 4) is 0 Å². The summed E-state index contributed by atoms with van der Waals surface area (Å²) in [6.45, 7) is 3.79. The summed E-state index contributed by atoms with van der Waals surface area (Å²) in [5, 5.41) is 7.20. The van der Waals surface area contributed by atoms with Crippen LogP contribution in [0, 0.1) is 5.82 Å². The van der Waals surface area contributed by atoms with Crippen LogP contribution in [-0.4, -0.2) is 26.6 Å². The van der Waals surface area contributed by atoms with Gasteiger partial charge in [0, 0.05) is 6.92 Å². The van der Waals surface area contributed by atoms with E-state index in [0.717, 1.165) is 12.0 Å². The summed E-state index contributed by atoms with van der Waals surface area (Å²) < 4.78 is 14.7. The van der Waals surface area contributed by atoms with Crippen molar-refractivity contribution < 1.29 is 14.0 Å².